The fraction of sp³-hybridized carbons (Fsp3) is 0.500. The summed E-state index contributed by atoms with van der Waals surface area (Å²) in [6.45, 7) is 2.73. The molecule has 0 fully saturated rings. The third-order valence-electron chi connectivity index (χ3n) is 2.28. The summed E-state index contributed by atoms with van der Waals surface area (Å²) in [7, 11) is 1.99. The Morgan fingerprint density at radius 3 is 2.73 bits per heavy atom. The van der Waals surface area contributed by atoms with Gasteiger partial charge in [0.15, 0.2) is 0 Å². The van der Waals surface area contributed by atoms with Gasteiger partial charge in [-0.25, -0.2) is 0 Å². The average molecular weight is 225 g/mol. The van der Waals surface area contributed by atoms with Crippen molar-refractivity contribution in [1.82, 2.24) is 5.32 Å². The summed E-state index contributed by atoms with van der Waals surface area (Å²) in [6, 6.07) is 8.59. The molecule has 0 aliphatic heterocycles. The molecule has 0 heterocycles. The fourth-order valence-corrected chi connectivity index (χ4v) is 2.23. The first-order valence-electron chi connectivity index (χ1n) is 5.21. The van der Waals surface area contributed by atoms with Crippen LogP contribution in [-0.4, -0.2) is 25.7 Å². The van der Waals surface area contributed by atoms with Gasteiger partial charge in [-0.2, -0.15) is 11.8 Å². The lowest BCUT2D eigenvalue weighted by molar-refractivity contribution is 0.333. The van der Waals surface area contributed by atoms with Gasteiger partial charge < -0.3 is 10.1 Å². The van der Waals surface area contributed by atoms with E-state index in [1.165, 1.54) is 5.56 Å². The zero-order chi connectivity index (χ0) is 11.1. The summed E-state index contributed by atoms with van der Waals surface area (Å²) in [4.78, 5) is 0. The van der Waals surface area contributed by atoms with E-state index in [1.807, 2.05) is 37.9 Å². The molecule has 1 rings (SSSR count). The second kappa shape index (κ2) is 6.75. The van der Waals surface area contributed by atoms with Crippen molar-refractivity contribution < 1.29 is 4.74 Å². The van der Waals surface area contributed by atoms with Crippen molar-refractivity contribution in [3.63, 3.8) is 0 Å². The van der Waals surface area contributed by atoms with E-state index in [9.17, 15) is 0 Å². The first-order chi connectivity index (χ1) is 7.33. The lowest BCUT2D eigenvalue weighted by Gasteiger charge is -2.18. The molecule has 0 aliphatic rings. The van der Waals surface area contributed by atoms with E-state index in [2.05, 4.69) is 23.7 Å². The Bertz CT molecular complexity index is 291. The highest BCUT2D eigenvalue weighted by Gasteiger charge is 2.12. The van der Waals surface area contributed by atoms with Crippen molar-refractivity contribution in [3.8, 4) is 5.75 Å². The van der Waals surface area contributed by atoms with E-state index in [4.69, 9.17) is 4.74 Å². The Hall–Kier alpha value is -0.670. The molecule has 0 aliphatic carbocycles. The van der Waals surface area contributed by atoms with Crippen LogP contribution in [0.4, 0.5) is 0 Å². The predicted octanol–water partition coefficient (Wildman–Crippen LogP) is 2.71. The maximum Gasteiger partial charge on any atom is 0.124 e. The molecule has 2 nitrogen and oxygen atoms in total. The van der Waals surface area contributed by atoms with E-state index < -0.39 is 0 Å². The van der Waals surface area contributed by atoms with Crippen LogP contribution < -0.4 is 10.1 Å². The number of thioether (sulfide) groups is 1. The standard InChI is InChI=1S/C12H19NOS/c1-4-14-12-8-6-5-7-10(12)11(13-2)9-15-3/h5-8,11,13H,4,9H2,1-3H3. The molecule has 1 atom stereocenters. The van der Waals surface area contributed by atoms with Gasteiger partial charge >= 0.3 is 0 Å². The van der Waals surface area contributed by atoms with Crippen LogP contribution in [-0.2, 0) is 0 Å². The second-order valence-electron chi connectivity index (χ2n) is 3.27. The second-order valence-corrected chi connectivity index (χ2v) is 4.18. The average Bonchev–Trinajstić information content (AvgIpc) is 2.27. The van der Waals surface area contributed by atoms with E-state index in [1.54, 1.807) is 0 Å². The van der Waals surface area contributed by atoms with Crippen molar-refractivity contribution in [1.29, 1.82) is 0 Å². The molecule has 0 saturated heterocycles. The van der Waals surface area contributed by atoms with Gasteiger partial charge in [0.05, 0.1) is 6.61 Å². The molecule has 3 heteroatoms. The first-order valence-corrected chi connectivity index (χ1v) is 6.60. The Kier molecular flexibility index (Phi) is 5.58. The molecule has 84 valence electrons. The number of ether oxygens (including phenoxy) is 1. The maximum absolute atomic E-state index is 5.62. The van der Waals surface area contributed by atoms with Gasteiger partial charge in [0.1, 0.15) is 5.75 Å². The molecule has 0 spiro atoms. The molecule has 1 aromatic rings. The van der Waals surface area contributed by atoms with E-state index in [0.29, 0.717) is 12.6 Å². The van der Waals surface area contributed by atoms with Gasteiger partial charge in [-0.15, -0.1) is 0 Å². The van der Waals surface area contributed by atoms with Crippen LogP contribution >= 0.6 is 11.8 Å². The number of nitrogens with one attached hydrogen (secondary N) is 1. The third kappa shape index (κ3) is 3.43. The van der Waals surface area contributed by atoms with Crippen LogP contribution in [0, 0.1) is 0 Å². The van der Waals surface area contributed by atoms with E-state index in [-0.39, 0.29) is 0 Å². The van der Waals surface area contributed by atoms with Crippen molar-refractivity contribution in [2.24, 2.45) is 0 Å². The molecule has 0 saturated carbocycles. The van der Waals surface area contributed by atoms with Crippen molar-refractivity contribution >= 4 is 11.8 Å². The topological polar surface area (TPSA) is 21.3 Å². The molecule has 0 bridgehead atoms. The Morgan fingerprint density at radius 2 is 2.13 bits per heavy atom. The van der Waals surface area contributed by atoms with Gasteiger partial charge in [0, 0.05) is 17.4 Å². The third-order valence-corrected chi connectivity index (χ3v) is 2.94. The van der Waals surface area contributed by atoms with Crippen LogP contribution in [0.5, 0.6) is 5.75 Å². The fourth-order valence-electron chi connectivity index (χ4n) is 1.55. The smallest absolute Gasteiger partial charge is 0.124 e. The summed E-state index contributed by atoms with van der Waals surface area (Å²) < 4.78 is 5.62. The molecule has 0 radical (unpaired) electrons. The van der Waals surface area contributed by atoms with E-state index >= 15 is 0 Å². The van der Waals surface area contributed by atoms with Gasteiger partial charge in [-0.1, -0.05) is 18.2 Å². The summed E-state index contributed by atoms with van der Waals surface area (Å²) in [5.74, 6) is 2.05. The minimum atomic E-state index is 0.364. The number of hydrogen-bond acceptors (Lipinski definition) is 3. The SMILES string of the molecule is CCOc1ccccc1C(CSC)NC. The van der Waals surface area contributed by atoms with E-state index in [0.717, 1.165) is 11.5 Å². The minimum absolute atomic E-state index is 0.364. The quantitative estimate of drug-likeness (QED) is 0.804. The predicted molar refractivity (Wildman–Crippen MR) is 67.8 cm³/mol. The van der Waals surface area contributed by atoms with Crippen LogP contribution in [0.1, 0.15) is 18.5 Å². The van der Waals surface area contributed by atoms with Gasteiger partial charge in [-0.05, 0) is 26.3 Å². The first kappa shape index (κ1) is 12.4. The van der Waals surface area contributed by atoms with Crippen LogP contribution in [0.15, 0.2) is 24.3 Å². The van der Waals surface area contributed by atoms with Crippen LogP contribution in [0.25, 0.3) is 0 Å². The Morgan fingerprint density at radius 1 is 1.40 bits per heavy atom. The maximum atomic E-state index is 5.62. The van der Waals surface area contributed by atoms with Crippen LogP contribution in [0.3, 0.4) is 0 Å². The molecule has 1 unspecified atom stereocenters. The lowest BCUT2D eigenvalue weighted by atomic mass is 10.1. The number of para-hydroxylation sites is 1. The molecular weight excluding hydrogens is 206 g/mol. The highest BCUT2D eigenvalue weighted by Crippen LogP contribution is 2.26. The summed E-state index contributed by atoms with van der Waals surface area (Å²) in [5, 5.41) is 3.32. The zero-order valence-electron chi connectivity index (χ0n) is 9.62. The number of benzene rings is 1. The Balaban J connectivity index is 2.88. The number of rotatable bonds is 6. The molecular formula is C12H19NOS. The van der Waals surface area contributed by atoms with Gasteiger partial charge in [-0.3, -0.25) is 0 Å². The highest BCUT2D eigenvalue weighted by molar-refractivity contribution is 7.98. The van der Waals surface area contributed by atoms with Crippen molar-refractivity contribution in [2.45, 2.75) is 13.0 Å². The number of hydrogen-bond donors (Lipinski definition) is 1. The molecule has 15 heavy (non-hydrogen) atoms. The zero-order valence-corrected chi connectivity index (χ0v) is 10.4. The normalized spacial score (nSPS) is 12.5. The molecule has 0 aromatic heterocycles. The summed E-state index contributed by atoms with van der Waals surface area (Å²) in [6.07, 6.45) is 2.12. The monoisotopic (exact) mass is 225 g/mol. The Labute approximate surface area is 96.4 Å². The van der Waals surface area contributed by atoms with Gasteiger partial charge in [0.25, 0.3) is 0 Å². The molecule has 0 amide bonds. The summed E-state index contributed by atoms with van der Waals surface area (Å²) >= 11 is 1.84. The minimum Gasteiger partial charge on any atom is -0.494 e. The highest BCUT2D eigenvalue weighted by atomic mass is 32.2. The van der Waals surface area contributed by atoms with Crippen LogP contribution in [0.2, 0.25) is 0 Å². The molecule has 1 aromatic carbocycles. The summed E-state index contributed by atoms with van der Waals surface area (Å²) in [5.41, 5.74) is 1.25. The lowest BCUT2D eigenvalue weighted by Crippen LogP contribution is -2.19. The molecule has 1 N–H and O–H groups in total. The van der Waals surface area contributed by atoms with Gasteiger partial charge in [0.2, 0.25) is 0 Å². The van der Waals surface area contributed by atoms with Crippen molar-refractivity contribution in [3.05, 3.63) is 29.8 Å². The van der Waals surface area contributed by atoms with Crippen molar-refractivity contribution in [2.75, 3.05) is 25.7 Å². The largest absolute Gasteiger partial charge is 0.494 e.